The van der Waals surface area contributed by atoms with Crippen LogP contribution in [0.25, 0.3) is 0 Å². The number of carbonyl (C=O) groups is 2. The largest absolute Gasteiger partial charge is 0.489 e. The molecule has 32 heavy (non-hydrogen) atoms. The molecule has 1 heterocycles. The summed E-state index contributed by atoms with van der Waals surface area (Å²) in [5.74, 6) is -0.545. The molecule has 1 fully saturated rings. The van der Waals surface area contributed by atoms with E-state index in [2.05, 4.69) is 10.6 Å². The predicted molar refractivity (Wildman–Crippen MR) is 120 cm³/mol. The summed E-state index contributed by atoms with van der Waals surface area (Å²) in [6.07, 6.45) is 0.0381. The number of carboxylic acids is 1. The summed E-state index contributed by atoms with van der Waals surface area (Å²) < 4.78 is 11.5. The summed E-state index contributed by atoms with van der Waals surface area (Å²) in [6, 6.07) is 21.1. The maximum Gasteiger partial charge on any atom is 0.335 e. The van der Waals surface area contributed by atoms with Crippen molar-refractivity contribution in [3.05, 3.63) is 95.1 Å². The zero-order valence-corrected chi connectivity index (χ0v) is 17.4. The van der Waals surface area contributed by atoms with Crippen LogP contribution in [-0.4, -0.2) is 36.7 Å². The summed E-state index contributed by atoms with van der Waals surface area (Å²) in [4.78, 5) is 23.4. The van der Waals surface area contributed by atoms with Crippen molar-refractivity contribution in [2.75, 3.05) is 25.0 Å². The van der Waals surface area contributed by atoms with Gasteiger partial charge in [0.2, 0.25) is 0 Å². The fourth-order valence-corrected chi connectivity index (χ4v) is 3.38. The maximum absolute atomic E-state index is 12.5. The number of nitrogens with one attached hydrogen (secondary N) is 2. The summed E-state index contributed by atoms with van der Waals surface area (Å²) >= 11 is 0. The molecular weight excluding hydrogens is 408 g/mol. The molecule has 3 aromatic carbocycles. The highest BCUT2D eigenvalue weighted by molar-refractivity contribution is 6.04. The van der Waals surface area contributed by atoms with Gasteiger partial charge in [0, 0.05) is 24.3 Å². The van der Waals surface area contributed by atoms with Gasteiger partial charge in [0.15, 0.2) is 0 Å². The van der Waals surface area contributed by atoms with Crippen LogP contribution < -0.4 is 15.4 Å². The molecular formula is C25H24N2O5. The van der Waals surface area contributed by atoms with Crippen LogP contribution in [0.1, 0.15) is 37.9 Å². The second kappa shape index (κ2) is 10.1. The number of carbonyl (C=O) groups excluding carboxylic acids is 1. The van der Waals surface area contributed by atoms with Crippen LogP contribution in [0.15, 0.2) is 72.8 Å². The van der Waals surface area contributed by atoms with Gasteiger partial charge in [-0.15, -0.1) is 0 Å². The van der Waals surface area contributed by atoms with Crippen LogP contribution in [0.5, 0.6) is 5.75 Å². The lowest BCUT2D eigenvalue weighted by Crippen LogP contribution is -2.33. The Labute approximate surface area is 186 Å². The van der Waals surface area contributed by atoms with Gasteiger partial charge in [0.05, 0.1) is 18.3 Å². The number of amides is 1. The summed E-state index contributed by atoms with van der Waals surface area (Å²) in [5, 5.41) is 15.1. The fourth-order valence-electron chi connectivity index (χ4n) is 3.38. The molecule has 1 atom stereocenters. The predicted octanol–water partition coefficient (Wildman–Crippen LogP) is 3.88. The molecule has 0 aromatic heterocycles. The molecule has 1 unspecified atom stereocenters. The fraction of sp³-hybridized carbons (Fsp3) is 0.200. The average Bonchev–Trinajstić information content (AvgIpc) is 2.84. The molecule has 0 bridgehead atoms. The van der Waals surface area contributed by atoms with E-state index in [0.29, 0.717) is 30.2 Å². The quantitative estimate of drug-likeness (QED) is 0.524. The zero-order valence-electron chi connectivity index (χ0n) is 17.4. The Bertz CT molecular complexity index is 1060. The van der Waals surface area contributed by atoms with E-state index in [-0.39, 0.29) is 17.6 Å². The zero-order chi connectivity index (χ0) is 22.3. The first kappa shape index (κ1) is 21.5. The molecule has 1 aliphatic heterocycles. The van der Waals surface area contributed by atoms with E-state index < -0.39 is 5.97 Å². The van der Waals surface area contributed by atoms with Crippen LogP contribution in [0.2, 0.25) is 0 Å². The Balaban J connectivity index is 1.30. The molecule has 3 aromatic rings. The lowest BCUT2D eigenvalue weighted by Gasteiger charge is -2.24. The van der Waals surface area contributed by atoms with Gasteiger partial charge in [0.25, 0.3) is 5.91 Å². The Hall–Kier alpha value is -3.68. The van der Waals surface area contributed by atoms with Gasteiger partial charge in [-0.25, -0.2) is 4.79 Å². The molecule has 0 aliphatic carbocycles. The van der Waals surface area contributed by atoms with Crippen molar-refractivity contribution in [2.24, 2.45) is 0 Å². The van der Waals surface area contributed by atoms with E-state index in [1.54, 1.807) is 48.5 Å². The number of hydrogen-bond acceptors (Lipinski definition) is 5. The van der Waals surface area contributed by atoms with Crippen LogP contribution in [0, 0.1) is 0 Å². The first-order valence-electron chi connectivity index (χ1n) is 10.4. The van der Waals surface area contributed by atoms with Crippen molar-refractivity contribution < 1.29 is 24.2 Å². The molecule has 1 saturated heterocycles. The van der Waals surface area contributed by atoms with Crippen LogP contribution >= 0.6 is 0 Å². The van der Waals surface area contributed by atoms with Crippen molar-refractivity contribution in [2.45, 2.75) is 12.7 Å². The second-order valence-electron chi connectivity index (χ2n) is 7.45. The number of rotatable bonds is 7. The minimum atomic E-state index is -0.960. The Morgan fingerprint density at radius 1 is 0.969 bits per heavy atom. The van der Waals surface area contributed by atoms with E-state index >= 15 is 0 Å². The number of carboxylic acid groups (broad SMARTS) is 1. The van der Waals surface area contributed by atoms with Gasteiger partial charge in [-0.2, -0.15) is 0 Å². The summed E-state index contributed by atoms with van der Waals surface area (Å²) in [6.45, 7) is 2.65. The van der Waals surface area contributed by atoms with Crippen LogP contribution in [0.3, 0.4) is 0 Å². The monoisotopic (exact) mass is 432 g/mol. The van der Waals surface area contributed by atoms with Crippen LogP contribution in [0.4, 0.5) is 5.69 Å². The minimum Gasteiger partial charge on any atom is -0.489 e. The van der Waals surface area contributed by atoms with Gasteiger partial charge >= 0.3 is 5.97 Å². The molecule has 7 nitrogen and oxygen atoms in total. The van der Waals surface area contributed by atoms with Gasteiger partial charge < -0.3 is 25.2 Å². The van der Waals surface area contributed by atoms with E-state index in [9.17, 15) is 9.59 Å². The van der Waals surface area contributed by atoms with Gasteiger partial charge in [-0.1, -0.05) is 24.3 Å². The highest BCUT2D eigenvalue weighted by Gasteiger charge is 2.15. The lowest BCUT2D eigenvalue weighted by molar-refractivity contribution is 0.0277. The van der Waals surface area contributed by atoms with E-state index in [1.165, 1.54) is 0 Å². The summed E-state index contributed by atoms with van der Waals surface area (Å²) in [5.41, 5.74) is 3.40. The standard InChI is InChI=1S/C25H24N2O5/c28-24(27-21-9-5-18(6-10-21)23-15-26-13-14-31-23)19-7-11-22(12-8-19)32-16-17-1-3-20(4-2-17)25(29)30/h1-12,23,26H,13-16H2,(H,27,28)(H,29,30). The lowest BCUT2D eigenvalue weighted by atomic mass is 10.1. The van der Waals surface area contributed by atoms with E-state index in [1.807, 2.05) is 24.3 Å². The topological polar surface area (TPSA) is 96.9 Å². The molecule has 0 radical (unpaired) electrons. The molecule has 1 amide bonds. The first-order valence-corrected chi connectivity index (χ1v) is 10.4. The molecule has 4 rings (SSSR count). The normalized spacial score (nSPS) is 15.7. The van der Waals surface area contributed by atoms with Crippen molar-refractivity contribution >= 4 is 17.6 Å². The smallest absolute Gasteiger partial charge is 0.335 e. The molecule has 0 saturated carbocycles. The van der Waals surface area contributed by atoms with Gasteiger partial charge in [0.1, 0.15) is 12.4 Å². The first-order chi connectivity index (χ1) is 15.6. The Kier molecular flexibility index (Phi) is 6.79. The number of aromatic carboxylic acids is 1. The maximum atomic E-state index is 12.5. The highest BCUT2D eigenvalue weighted by Crippen LogP contribution is 2.21. The number of anilines is 1. The Morgan fingerprint density at radius 3 is 2.28 bits per heavy atom. The third-order valence-corrected chi connectivity index (χ3v) is 5.19. The van der Waals surface area contributed by atoms with Gasteiger partial charge in [-0.05, 0) is 59.7 Å². The van der Waals surface area contributed by atoms with Crippen molar-refractivity contribution in [1.29, 1.82) is 0 Å². The Morgan fingerprint density at radius 2 is 1.66 bits per heavy atom. The number of hydrogen-bond donors (Lipinski definition) is 3. The molecule has 164 valence electrons. The van der Waals surface area contributed by atoms with Crippen molar-refractivity contribution in [3.63, 3.8) is 0 Å². The molecule has 3 N–H and O–H groups in total. The molecule has 7 heteroatoms. The van der Waals surface area contributed by atoms with E-state index in [0.717, 1.165) is 24.2 Å². The molecule has 1 aliphatic rings. The van der Waals surface area contributed by atoms with Crippen molar-refractivity contribution in [1.82, 2.24) is 5.32 Å². The average molecular weight is 432 g/mol. The van der Waals surface area contributed by atoms with Crippen LogP contribution in [-0.2, 0) is 11.3 Å². The summed E-state index contributed by atoms with van der Waals surface area (Å²) in [7, 11) is 0. The molecule has 0 spiro atoms. The number of ether oxygens (including phenoxy) is 2. The van der Waals surface area contributed by atoms with Gasteiger partial charge in [-0.3, -0.25) is 4.79 Å². The minimum absolute atomic E-state index is 0.0381. The number of morpholine rings is 1. The SMILES string of the molecule is O=C(O)c1ccc(COc2ccc(C(=O)Nc3ccc(C4CNCCO4)cc3)cc2)cc1. The second-order valence-corrected chi connectivity index (χ2v) is 7.45. The van der Waals surface area contributed by atoms with Crippen molar-refractivity contribution in [3.8, 4) is 5.75 Å². The highest BCUT2D eigenvalue weighted by atomic mass is 16.5. The third kappa shape index (κ3) is 5.51. The third-order valence-electron chi connectivity index (χ3n) is 5.19. The van der Waals surface area contributed by atoms with E-state index in [4.69, 9.17) is 14.6 Å². The number of benzene rings is 3.